The molecule has 0 fully saturated rings. The highest BCUT2D eigenvalue weighted by Gasteiger charge is 2.18. The van der Waals surface area contributed by atoms with Gasteiger partial charge in [-0.05, 0) is 58.7 Å². The lowest BCUT2D eigenvalue weighted by atomic mass is 10.1. The normalized spacial score (nSPS) is 10.4. The molecule has 0 bridgehead atoms. The lowest BCUT2D eigenvalue weighted by molar-refractivity contribution is 0.0987. The van der Waals surface area contributed by atoms with Crippen molar-refractivity contribution in [3.63, 3.8) is 0 Å². The Morgan fingerprint density at radius 1 is 1.29 bits per heavy atom. The van der Waals surface area contributed by atoms with Crippen LogP contribution in [0.2, 0.25) is 5.02 Å². The number of rotatable bonds is 4. The minimum absolute atomic E-state index is 0.0696. The van der Waals surface area contributed by atoms with Gasteiger partial charge in [-0.3, -0.25) is 4.79 Å². The van der Waals surface area contributed by atoms with Gasteiger partial charge in [-0.15, -0.1) is 0 Å². The Hall–Kier alpha value is -1.52. The van der Waals surface area contributed by atoms with E-state index in [-0.39, 0.29) is 5.91 Å². The second-order valence-corrected chi connectivity index (χ2v) is 5.94. The zero-order chi connectivity index (χ0) is 15.4. The Morgan fingerprint density at radius 3 is 2.67 bits per heavy atom. The zero-order valence-electron chi connectivity index (χ0n) is 11.6. The van der Waals surface area contributed by atoms with Gasteiger partial charge in [-0.25, -0.2) is 0 Å². The molecule has 0 saturated carbocycles. The number of hydrogen-bond donors (Lipinski definition) is 1. The summed E-state index contributed by atoms with van der Waals surface area (Å²) in [4.78, 5) is 14.5. The first-order valence-electron chi connectivity index (χ1n) is 6.65. The second-order valence-electron chi connectivity index (χ2n) is 4.68. The van der Waals surface area contributed by atoms with Gasteiger partial charge in [0.15, 0.2) is 0 Å². The minimum Gasteiger partial charge on any atom is -0.399 e. The van der Waals surface area contributed by atoms with Crippen LogP contribution in [0, 0.1) is 0 Å². The fraction of sp³-hybridized carbons (Fsp3) is 0.188. The van der Waals surface area contributed by atoms with Gasteiger partial charge in [0.25, 0.3) is 5.91 Å². The van der Waals surface area contributed by atoms with Crippen molar-refractivity contribution in [2.75, 3.05) is 17.2 Å². The van der Waals surface area contributed by atoms with Crippen LogP contribution in [0.3, 0.4) is 0 Å². The Kier molecular flexibility index (Phi) is 5.26. The number of nitrogen functional groups attached to an aromatic ring is 1. The number of anilines is 2. The third-order valence-corrected chi connectivity index (χ3v) is 4.25. The molecule has 2 aromatic rings. The van der Waals surface area contributed by atoms with Crippen LogP contribution >= 0.6 is 27.5 Å². The van der Waals surface area contributed by atoms with Crippen molar-refractivity contribution in [1.29, 1.82) is 0 Å². The van der Waals surface area contributed by atoms with Gasteiger partial charge >= 0.3 is 0 Å². The number of nitrogens with two attached hydrogens (primary N) is 1. The van der Waals surface area contributed by atoms with E-state index >= 15 is 0 Å². The molecular weight excluding hydrogens is 352 g/mol. The predicted octanol–water partition coefficient (Wildman–Crippen LogP) is 4.74. The van der Waals surface area contributed by atoms with E-state index in [9.17, 15) is 4.79 Å². The van der Waals surface area contributed by atoms with E-state index in [1.165, 1.54) is 0 Å². The van der Waals surface area contributed by atoms with Gasteiger partial charge in [0.2, 0.25) is 0 Å². The van der Waals surface area contributed by atoms with Crippen molar-refractivity contribution in [1.82, 2.24) is 0 Å². The molecule has 110 valence electrons. The SMILES string of the molecule is CCCN(C(=O)c1ccc(Cl)c(Br)c1)c1cccc(N)c1. The van der Waals surface area contributed by atoms with Crippen molar-refractivity contribution in [2.24, 2.45) is 0 Å². The molecule has 21 heavy (non-hydrogen) atoms. The molecule has 0 aliphatic carbocycles. The van der Waals surface area contributed by atoms with E-state index < -0.39 is 0 Å². The van der Waals surface area contributed by atoms with Crippen molar-refractivity contribution in [2.45, 2.75) is 13.3 Å². The average molecular weight is 368 g/mol. The summed E-state index contributed by atoms with van der Waals surface area (Å²) in [5.41, 5.74) is 7.83. The molecule has 0 aliphatic heterocycles. The van der Waals surface area contributed by atoms with Crippen LogP contribution in [0.15, 0.2) is 46.9 Å². The lowest BCUT2D eigenvalue weighted by Crippen LogP contribution is -2.31. The topological polar surface area (TPSA) is 46.3 Å². The Balaban J connectivity index is 2.37. The highest BCUT2D eigenvalue weighted by molar-refractivity contribution is 9.10. The van der Waals surface area contributed by atoms with Crippen molar-refractivity contribution < 1.29 is 4.79 Å². The zero-order valence-corrected chi connectivity index (χ0v) is 14.0. The second kappa shape index (κ2) is 6.96. The molecule has 0 radical (unpaired) electrons. The van der Waals surface area contributed by atoms with Crippen LogP contribution in [0.4, 0.5) is 11.4 Å². The molecule has 2 aromatic carbocycles. The molecule has 1 amide bonds. The number of carbonyl (C=O) groups is 1. The summed E-state index contributed by atoms with van der Waals surface area (Å²) in [6.45, 7) is 2.66. The number of nitrogens with zero attached hydrogens (tertiary/aromatic N) is 1. The first-order chi connectivity index (χ1) is 10.0. The maximum absolute atomic E-state index is 12.7. The molecule has 2 rings (SSSR count). The fourth-order valence-corrected chi connectivity index (χ4v) is 2.55. The van der Waals surface area contributed by atoms with Gasteiger partial charge in [-0.2, -0.15) is 0 Å². The quantitative estimate of drug-likeness (QED) is 0.793. The molecule has 2 N–H and O–H groups in total. The van der Waals surface area contributed by atoms with Crippen LogP contribution < -0.4 is 10.6 Å². The molecule has 0 spiro atoms. The summed E-state index contributed by atoms with van der Waals surface area (Å²) in [6, 6.07) is 12.5. The molecular formula is C16H16BrClN2O. The van der Waals surface area contributed by atoms with Crippen LogP contribution in [-0.2, 0) is 0 Å². The number of halogens is 2. The minimum atomic E-state index is -0.0696. The van der Waals surface area contributed by atoms with E-state index in [2.05, 4.69) is 15.9 Å². The fourth-order valence-electron chi connectivity index (χ4n) is 2.05. The summed E-state index contributed by atoms with van der Waals surface area (Å²) >= 11 is 9.32. The van der Waals surface area contributed by atoms with Crippen molar-refractivity contribution in [3.8, 4) is 0 Å². The van der Waals surface area contributed by atoms with Crippen molar-refractivity contribution in [3.05, 3.63) is 57.5 Å². The number of benzene rings is 2. The monoisotopic (exact) mass is 366 g/mol. The van der Waals surface area contributed by atoms with Crippen LogP contribution in [0.1, 0.15) is 23.7 Å². The highest BCUT2D eigenvalue weighted by atomic mass is 79.9. The van der Waals surface area contributed by atoms with Gasteiger partial charge < -0.3 is 10.6 Å². The van der Waals surface area contributed by atoms with Crippen LogP contribution in [0.25, 0.3) is 0 Å². The molecule has 0 aromatic heterocycles. The standard InChI is InChI=1S/C16H16BrClN2O/c1-2-8-20(13-5-3-4-12(19)10-13)16(21)11-6-7-15(18)14(17)9-11/h3-7,9-10H,2,8,19H2,1H3. The van der Waals surface area contributed by atoms with Gasteiger partial charge in [0.1, 0.15) is 0 Å². The summed E-state index contributed by atoms with van der Waals surface area (Å²) in [6.07, 6.45) is 0.856. The number of amides is 1. The third-order valence-electron chi connectivity index (χ3n) is 3.04. The molecule has 0 unspecified atom stereocenters. The smallest absolute Gasteiger partial charge is 0.258 e. The van der Waals surface area contributed by atoms with Gasteiger partial charge in [0, 0.05) is 28.0 Å². The third kappa shape index (κ3) is 3.77. The predicted molar refractivity (Wildman–Crippen MR) is 92.0 cm³/mol. The lowest BCUT2D eigenvalue weighted by Gasteiger charge is -2.23. The highest BCUT2D eigenvalue weighted by Crippen LogP contribution is 2.26. The largest absolute Gasteiger partial charge is 0.399 e. The van der Waals surface area contributed by atoms with Crippen LogP contribution in [-0.4, -0.2) is 12.5 Å². The van der Waals surface area contributed by atoms with Crippen molar-refractivity contribution >= 4 is 44.8 Å². The van der Waals surface area contributed by atoms with E-state index in [1.807, 2.05) is 19.1 Å². The molecule has 3 nitrogen and oxygen atoms in total. The van der Waals surface area contributed by atoms with E-state index in [0.29, 0.717) is 27.3 Å². The Bertz CT molecular complexity index is 660. The molecule has 5 heteroatoms. The Morgan fingerprint density at radius 2 is 2.05 bits per heavy atom. The average Bonchev–Trinajstić information content (AvgIpc) is 2.47. The van der Waals surface area contributed by atoms with Gasteiger partial charge in [-0.1, -0.05) is 24.6 Å². The maximum atomic E-state index is 12.7. The summed E-state index contributed by atoms with van der Waals surface area (Å²) in [7, 11) is 0. The van der Waals surface area contributed by atoms with Gasteiger partial charge in [0.05, 0.1) is 5.02 Å². The van der Waals surface area contributed by atoms with E-state index in [4.69, 9.17) is 17.3 Å². The summed E-state index contributed by atoms with van der Waals surface area (Å²) in [5, 5.41) is 0.581. The molecule has 0 atom stereocenters. The van der Waals surface area contributed by atoms with E-state index in [0.717, 1.165) is 12.1 Å². The number of hydrogen-bond acceptors (Lipinski definition) is 2. The molecule has 0 saturated heterocycles. The maximum Gasteiger partial charge on any atom is 0.258 e. The number of carbonyl (C=O) groups excluding carboxylic acids is 1. The molecule has 0 heterocycles. The summed E-state index contributed by atoms with van der Waals surface area (Å²) < 4.78 is 0.707. The first-order valence-corrected chi connectivity index (χ1v) is 7.82. The Labute approximate surface area is 137 Å². The molecule has 0 aliphatic rings. The van der Waals surface area contributed by atoms with Crippen LogP contribution in [0.5, 0.6) is 0 Å². The summed E-state index contributed by atoms with van der Waals surface area (Å²) in [5.74, 6) is -0.0696. The first kappa shape index (κ1) is 15.9. The van der Waals surface area contributed by atoms with E-state index in [1.54, 1.807) is 35.2 Å².